The van der Waals surface area contributed by atoms with Crippen LogP contribution in [0.2, 0.25) is 0 Å². The van der Waals surface area contributed by atoms with E-state index < -0.39 is 17.6 Å². The Kier molecular flexibility index (Phi) is 6.22. The van der Waals surface area contributed by atoms with E-state index in [1.54, 1.807) is 42.5 Å². The Balaban J connectivity index is 1.23. The highest BCUT2D eigenvalue weighted by Gasteiger charge is 2.60. The first-order valence-corrected chi connectivity index (χ1v) is 13.5. The standard InChI is InChI=1S/C29H31N7O5/c1-28(2,3)41-27(40)35-16-29(14-30-15-29)23(35)24-31-12-18(13-32-24)6-5-17-7-8-19-21(11-17)34(4)26(39)36(19)20-9-10-22(37)33-25(20)38/h7-8,11-13,20,23,30H,9-10,14-16H2,1-4H3,(H,33,37,38). The minimum Gasteiger partial charge on any atom is -0.444 e. The summed E-state index contributed by atoms with van der Waals surface area (Å²) in [6, 6.07) is 4.33. The quantitative estimate of drug-likeness (QED) is 0.356. The Morgan fingerprint density at radius 2 is 1.78 bits per heavy atom. The lowest BCUT2D eigenvalue weighted by Gasteiger charge is -2.60. The molecule has 212 valence electrons. The van der Waals surface area contributed by atoms with Gasteiger partial charge < -0.3 is 10.1 Å². The first-order chi connectivity index (χ1) is 19.5. The van der Waals surface area contributed by atoms with Crippen LogP contribution in [-0.2, 0) is 21.4 Å². The molecule has 2 unspecified atom stereocenters. The molecule has 3 aliphatic heterocycles. The Bertz CT molecular complexity index is 1700. The first-order valence-electron chi connectivity index (χ1n) is 13.5. The summed E-state index contributed by atoms with van der Waals surface area (Å²) < 4.78 is 8.50. The summed E-state index contributed by atoms with van der Waals surface area (Å²) in [5, 5.41) is 5.61. The molecule has 6 rings (SSSR count). The molecule has 3 amide bonds. The molecule has 2 aromatic heterocycles. The lowest BCUT2D eigenvalue weighted by molar-refractivity contribution is -0.135. The molecule has 41 heavy (non-hydrogen) atoms. The molecule has 0 bridgehead atoms. The van der Waals surface area contributed by atoms with Gasteiger partial charge in [-0.05, 0) is 45.4 Å². The fraction of sp³-hybridized carbons (Fsp3) is 0.448. The zero-order valence-corrected chi connectivity index (χ0v) is 23.4. The number of imidazole rings is 1. The molecule has 0 aliphatic carbocycles. The van der Waals surface area contributed by atoms with Gasteiger partial charge in [0.05, 0.1) is 16.6 Å². The van der Waals surface area contributed by atoms with Crippen LogP contribution in [0.25, 0.3) is 11.0 Å². The summed E-state index contributed by atoms with van der Waals surface area (Å²) in [5.41, 5.74) is 1.49. The minimum absolute atomic E-state index is 0.0836. The van der Waals surface area contributed by atoms with Crippen molar-refractivity contribution in [2.45, 2.75) is 51.3 Å². The van der Waals surface area contributed by atoms with Crippen LogP contribution in [0, 0.1) is 17.3 Å². The van der Waals surface area contributed by atoms with E-state index in [0.29, 0.717) is 34.5 Å². The number of rotatable bonds is 2. The highest BCUT2D eigenvalue weighted by atomic mass is 16.6. The van der Waals surface area contributed by atoms with Crippen LogP contribution >= 0.6 is 0 Å². The van der Waals surface area contributed by atoms with E-state index in [2.05, 4.69) is 32.4 Å². The number of nitrogens with zero attached hydrogens (tertiary/aromatic N) is 5. The Hall–Kier alpha value is -4.50. The van der Waals surface area contributed by atoms with Crippen LogP contribution in [0.4, 0.5) is 4.79 Å². The van der Waals surface area contributed by atoms with Gasteiger partial charge in [0.1, 0.15) is 17.7 Å². The molecule has 12 nitrogen and oxygen atoms in total. The zero-order valence-electron chi connectivity index (χ0n) is 23.4. The lowest BCUT2D eigenvalue weighted by Crippen LogP contribution is -2.73. The molecular formula is C29H31N7O5. The normalized spacial score (nSPS) is 21.5. The zero-order chi connectivity index (χ0) is 29.1. The monoisotopic (exact) mass is 557 g/mol. The number of ether oxygens (including phenoxy) is 1. The number of likely N-dealkylation sites (tertiary alicyclic amines) is 1. The van der Waals surface area contributed by atoms with Crippen LogP contribution in [0.5, 0.6) is 0 Å². The largest absolute Gasteiger partial charge is 0.444 e. The summed E-state index contributed by atoms with van der Waals surface area (Å²) in [4.78, 5) is 60.6. The second-order valence-corrected chi connectivity index (χ2v) is 11.9. The molecule has 2 N–H and O–H groups in total. The third kappa shape index (κ3) is 4.66. The van der Waals surface area contributed by atoms with Gasteiger partial charge in [0.15, 0.2) is 5.82 Å². The second kappa shape index (κ2) is 9.55. The van der Waals surface area contributed by atoms with E-state index in [9.17, 15) is 19.2 Å². The van der Waals surface area contributed by atoms with Gasteiger partial charge in [0.2, 0.25) is 11.8 Å². The minimum atomic E-state index is -0.742. The second-order valence-electron chi connectivity index (χ2n) is 11.9. The van der Waals surface area contributed by atoms with Crippen LogP contribution in [-0.4, -0.2) is 67.1 Å². The number of carbonyl (C=O) groups excluding carboxylic acids is 3. The Labute approximate surface area is 236 Å². The molecule has 3 aliphatic rings. The molecule has 2 atom stereocenters. The summed E-state index contributed by atoms with van der Waals surface area (Å²) in [6.45, 7) is 7.71. The average molecular weight is 558 g/mol. The van der Waals surface area contributed by atoms with Crippen molar-refractivity contribution in [3.8, 4) is 11.8 Å². The van der Waals surface area contributed by atoms with Gasteiger partial charge in [-0.1, -0.05) is 11.8 Å². The van der Waals surface area contributed by atoms with Gasteiger partial charge in [0, 0.05) is 56.5 Å². The highest BCUT2D eigenvalue weighted by molar-refractivity contribution is 6.00. The Morgan fingerprint density at radius 1 is 1.07 bits per heavy atom. The summed E-state index contributed by atoms with van der Waals surface area (Å²) in [6.07, 6.45) is 3.38. The first kappa shape index (κ1) is 26.7. The van der Waals surface area contributed by atoms with Crippen molar-refractivity contribution >= 4 is 28.9 Å². The number of nitrogens with one attached hydrogen (secondary N) is 2. The van der Waals surface area contributed by atoms with Crippen molar-refractivity contribution in [1.82, 2.24) is 34.6 Å². The lowest BCUT2D eigenvalue weighted by atomic mass is 9.66. The number of imide groups is 1. The number of aryl methyl sites for hydroxylation is 1. The van der Waals surface area contributed by atoms with E-state index >= 15 is 0 Å². The van der Waals surface area contributed by atoms with Crippen LogP contribution in [0.1, 0.15) is 62.6 Å². The third-order valence-electron chi connectivity index (χ3n) is 7.84. The van der Waals surface area contributed by atoms with Gasteiger partial charge in [-0.15, -0.1) is 0 Å². The smallest absolute Gasteiger partial charge is 0.410 e. The molecule has 3 fully saturated rings. The van der Waals surface area contributed by atoms with Gasteiger partial charge in [-0.2, -0.15) is 0 Å². The van der Waals surface area contributed by atoms with E-state index in [0.717, 1.165) is 13.1 Å². The highest BCUT2D eigenvalue weighted by Crippen LogP contribution is 2.50. The van der Waals surface area contributed by atoms with E-state index in [1.807, 2.05) is 20.8 Å². The molecule has 1 aromatic carbocycles. The van der Waals surface area contributed by atoms with E-state index in [4.69, 9.17) is 4.74 Å². The molecular weight excluding hydrogens is 526 g/mol. The van der Waals surface area contributed by atoms with E-state index in [-0.39, 0.29) is 42.0 Å². The van der Waals surface area contributed by atoms with E-state index in [1.165, 1.54) is 9.13 Å². The summed E-state index contributed by atoms with van der Waals surface area (Å²) in [7, 11) is 1.64. The third-order valence-corrected chi connectivity index (χ3v) is 7.84. The molecule has 1 spiro atoms. The van der Waals surface area contributed by atoms with Crippen LogP contribution < -0.4 is 16.3 Å². The summed E-state index contributed by atoms with van der Waals surface area (Å²) >= 11 is 0. The molecule has 0 radical (unpaired) electrons. The molecule has 12 heteroatoms. The molecule has 5 heterocycles. The van der Waals surface area contributed by atoms with Gasteiger partial charge in [-0.3, -0.25) is 28.9 Å². The van der Waals surface area contributed by atoms with Crippen molar-refractivity contribution in [1.29, 1.82) is 0 Å². The molecule has 3 aromatic rings. The summed E-state index contributed by atoms with van der Waals surface area (Å²) in [5.74, 6) is 5.92. The van der Waals surface area contributed by atoms with Crippen molar-refractivity contribution in [3.05, 3.63) is 58.0 Å². The number of amides is 3. The number of hydrogen-bond donors (Lipinski definition) is 2. The average Bonchev–Trinajstić information content (AvgIpc) is 3.10. The van der Waals surface area contributed by atoms with Crippen molar-refractivity contribution in [2.24, 2.45) is 12.5 Å². The molecule has 0 saturated carbocycles. The maximum Gasteiger partial charge on any atom is 0.410 e. The predicted octanol–water partition coefficient (Wildman–Crippen LogP) is 1.39. The number of benzene rings is 1. The van der Waals surface area contributed by atoms with Crippen molar-refractivity contribution < 1.29 is 19.1 Å². The fourth-order valence-electron chi connectivity index (χ4n) is 5.75. The van der Waals surface area contributed by atoms with Crippen molar-refractivity contribution in [3.63, 3.8) is 0 Å². The van der Waals surface area contributed by atoms with Crippen molar-refractivity contribution in [2.75, 3.05) is 19.6 Å². The topological polar surface area (TPSA) is 140 Å². The fourth-order valence-corrected chi connectivity index (χ4v) is 5.75. The van der Waals surface area contributed by atoms with Crippen LogP contribution in [0.3, 0.4) is 0 Å². The van der Waals surface area contributed by atoms with Crippen LogP contribution in [0.15, 0.2) is 35.4 Å². The maximum absolute atomic E-state index is 13.0. The number of hydrogen-bond acceptors (Lipinski definition) is 8. The molecule has 3 saturated heterocycles. The SMILES string of the molecule is Cn1c(=O)n(C2CCC(=O)NC2=O)c2ccc(C#Cc3cnc(C4N(C(=O)OC(C)(C)C)CC45CNC5)nc3)cc21. The van der Waals surface area contributed by atoms with Gasteiger partial charge >= 0.3 is 11.8 Å². The number of aromatic nitrogens is 4. The number of piperidine rings is 1. The maximum atomic E-state index is 13.0. The Morgan fingerprint density at radius 3 is 2.41 bits per heavy atom. The predicted molar refractivity (Wildman–Crippen MR) is 148 cm³/mol. The van der Waals surface area contributed by atoms with Gasteiger partial charge in [-0.25, -0.2) is 19.6 Å². The number of fused-ring (bicyclic) bond motifs is 1. The van der Waals surface area contributed by atoms with Gasteiger partial charge in [0.25, 0.3) is 0 Å². The number of carbonyl (C=O) groups is 3.